The van der Waals surface area contributed by atoms with Gasteiger partial charge in [-0.2, -0.15) is 8.42 Å². The van der Waals surface area contributed by atoms with Crippen LogP contribution in [0.1, 0.15) is 5.56 Å². The Morgan fingerprint density at radius 3 is 2.06 bits per heavy atom. The Labute approximate surface area is 89.6 Å². The molecule has 0 saturated heterocycles. The molecule has 0 aliphatic heterocycles. The summed E-state index contributed by atoms with van der Waals surface area (Å²) in [7, 11) is -4.55. The Hall–Kier alpha value is -1.12. The van der Waals surface area contributed by atoms with Crippen LogP contribution in [0.15, 0.2) is 29.2 Å². The molecule has 0 radical (unpaired) electrons. The van der Waals surface area contributed by atoms with Gasteiger partial charge in [-0.15, -0.1) is 18.1 Å². The lowest BCUT2D eigenvalue weighted by Gasteiger charge is -2.06. The van der Waals surface area contributed by atoms with Crippen LogP contribution in [-0.2, 0) is 19.3 Å². The molecule has 16 heavy (non-hydrogen) atoms. The van der Waals surface area contributed by atoms with Gasteiger partial charge in [-0.05, 0) is 19.1 Å². The van der Waals surface area contributed by atoms with E-state index < -0.39 is 21.4 Å². The van der Waals surface area contributed by atoms with Crippen molar-refractivity contribution in [3.8, 4) is 0 Å². The van der Waals surface area contributed by atoms with Crippen LogP contribution in [0.3, 0.4) is 0 Å². The third-order valence-electron chi connectivity index (χ3n) is 1.53. The zero-order valence-electron chi connectivity index (χ0n) is 7.98. The standard InChI is InChI=1S/C8H7F3O4S/c1-6-2-4-7(5-3-6)16(12,13)15-14-8(9,10)11/h2-5H,1H3. The zero-order valence-corrected chi connectivity index (χ0v) is 8.80. The van der Waals surface area contributed by atoms with E-state index in [4.69, 9.17) is 0 Å². The smallest absolute Gasteiger partial charge is 0.192 e. The first-order chi connectivity index (χ1) is 7.21. The second-order valence-corrected chi connectivity index (χ2v) is 4.38. The second-order valence-electron chi connectivity index (χ2n) is 2.86. The van der Waals surface area contributed by atoms with Gasteiger partial charge < -0.3 is 0 Å². The normalized spacial score (nSPS) is 12.8. The van der Waals surface area contributed by atoms with Gasteiger partial charge >= 0.3 is 16.5 Å². The van der Waals surface area contributed by atoms with Crippen LogP contribution in [0.4, 0.5) is 13.2 Å². The summed E-state index contributed by atoms with van der Waals surface area (Å²) in [5.41, 5.74) is 0.760. The van der Waals surface area contributed by atoms with E-state index in [-0.39, 0.29) is 0 Å². The summed E-state index contributed by atoms with van der Waals surface area (Å²) in [5.74, 6) is 0. The van der Waals surface area contributed by atoms with Crippen LogP contribution >= 0.6 is 0 Å². The van der Waals surface area contributed by atoms with Crippen molar-refractivity contribution >= 4 is 10.1 Å². The van der Waals surface area contributed by atoms with Crippen molar-refractivity contribution in [3.63, 3.8) is 0 Å². The first-order valence-corrected chi connectivity index (χ1v) is 5.37. The maximum atomic E-state index is 11.6. The number of hydrogen-bond donors (Lipinski definition) is 0. The van der Waals surface area contributed by atoms with Crippen molar-refractivity contribution in [1.82, 2.24) is 0 Å². The average Bonchev–Trinajstić information content (AvgIpc) is 2.15. The summed E-state index contributed by atoms with van der Waals surface area (Å²) < 4.78 is 60.3. The molecule has 0 heterocycles. The second kappa shape index (κ2) is 4.40. The van der Waals surface area contributed by atoms with Gasteiger partial charge in [0, 0.05) is 0 Å². The largest absolute Gasteiger partial charge is 0.550 e. The number of hydrogen-bond acceptors (Lipinski definition) is 4. The molecule has 0 N–H and O–H groups in total. The summed E-state index contributed by atoms with van der Waals surface area (Å²) >= 11 is 0. The van der Waals surface area contributed by atoms with Crippen molar-refractivity contribution in [2.45, 2.75) is 18.2 Å². The lowest BCUT2D eigenvalue weighted by atomic mass is 10.2. The van der Waals surface area contributed by atoms with Gasteiger partial charge in [0.2, 0.25) is 0 Å². The van der Waals surface area contributed by atoms with E-state index in [1.54, 1.807) is 6.92 Å². The third-order valence-corrected chi connectivity index (χ3v) is 2.62. The fourth-order valence-electron chi connectivity index (χ4n) is 0.828. The monoisotopic (exact) mass is 256 g/mol. The van der Waals surface area contributed by atoms with E-state index >= 15 is 0 Å². The first-order valence-electron chi connectivity index (χ1n) is 3.96. The van der Waals surface area contributed by atoms with Crippen molar-refractivity contribution < 1.29 is 30.8 Å². The number of aryl methyl sites for hydroxylation is 1. The topological polar surface area (TPSA) is 52.6 Å². The highest BCUT2D eigenvalue weighted by molar-refractivity contribution is 7.86. The molecule has 0 saturated carbocycles. The molecule has 1 aromatic rings. The number of benzene rings is 1. The highest BCUT2D eigenvalue weighted by atomic mass is 32.2. The Bertz CT molecular complexity index is 449. The quantitative estimate of drug-likeness (QED) is 0.614. The molecule has 8 heteroatoms. The molecular weight excluding hydrogens is 249 g/mol. The summed E-state index contributed by atoms with van der Waals surface area (Å²) in [6.45, 7) is 1.70. The molecule has 4 nitrogen and oxygen atoms in total. The van der Waals surface area contributed by atoms with E-state index in [9.17, 15) is 21.6 Å². The Kier molecular flexibility index (Phi) is 3.56. The Morgan fingerprint density at radius 2 is 1.62 bits per heavy atom. The SMILES string of the molecule is Cc1ccc(S(=O)(=O)OOC(F)(F)F)cc1. The number of alkyl halides is 3. The lowest BCUT2D eigenvalue weighted by Crippen LogP contribution is -2.17. The lowest BCUT2D eigenvalue weighted by molar-refractivity contribution is -0.443. The van der Waals surface area contributed by atoms with Crippen molar-refractivity contribution in [1.29, 1.82) is 0 Å². The van der Waals surface area contributed by atoms with Crippen LogP contribution in [0.5, 0.6) is 0 Å². The molecule has 0 atom stereocenters. The van der Waals surface area contributed by atoms with Crippen LogP contribution in [0.2, 0.25) is 0 Å². The fraction of sp³-hybridized carbons (Fsp3) is 0.250. The maximum absolute atomic E-state index is 11.6. The predicted molar refractivity (Wildman–Crippen MR) is 46.6 cm³/mol. The first kappa shape index (κ1) is 12.9. The number of rotatable bonds is 3. The molecule has 0 spiro atoms. The zero-order chi connectivity index (χ0) is 12.4. The number of halogens is 3. The van der Waals surface area contributed by atoms with Crippen molar-refractivity contribution in [3.05, 3.63) is 29.8 Å². The molecule has 0 unspecified atom stereocenters. The van der Waals surface area contributed by atoms with Crippen molar-refractivity contribution in [2.75, 3.05) is 0 Å². The molecule has 1 aromatic carbocycles. The minimum Gasteiger partial charge on any atom is -0.192 e. The molecule has 0 aliphatic carbocycles. The van der Waals surface area contributed by atoms with Gasteiger partial charge in [0.25, 0.3) is 0 Å². The molecule has 90 valence electrons. The van der Waals surface area contributed by atoms with Gasteiger partial charge in [-0.25, -0.2) is 0 Å². The molecule has 0 aliphatic rings. The maximum Gasteiger partial charge on any atom is 0.550 e. The van der Waals surface area contributed by atoms with Gasteiger partial charge in [-0.3, -0.25) is 0 Å². The minimum absolute atomic E-state index is 0.414. The van der Waals surface area contributed by atoms with E-state index in [1.807, 2.05) is 0 Å². The van der Waals surface area contributed by atoms with E-state index in [0.717, 1.165) is 17.7 Å². The minimum atomic E-state index is -5.17. The van der Waals surface area contributed by atoms with Crippen LogP contribution in [-0.4, -0.2) is 14.8 Å². The molecule has 0 aromatic heterocycles. The van der Waals surface area contributed by atoms with Crippen LogP contribution in [0.25, 0.3) is 0 Å². The Morgan fingerprint density at radius 1 is 1.12 bits per heavy atom. The summed E-state index contributed by atoms with van der Waals surface area (Å²) in [5, 5.41) is 0. The summed E-state index contributed by atoms with van der Waals surface area (Å²) in [6, 6.07) is 5.07. The van der Waals surface area contributed by atoms with Gasteiger partial charge in [0.1, 0.15) is 0 Å². The molecule has 0 bridgehead atoms. The van der Waals surface area contributed by atoms with Gasteiger partial charge in [-0.1, -0.05) is 22.0 Å². The third kappa shape index (κ3) is 3.80. The highest BCUT2D eigenvalue weighted by Gasteiger charge is 2.34. The van der Waals surface area contributed by atoms with Gasteiger partial charge in [0.05, 0.1) is 4.90 Å². The Balaban J connectivity index is 2.83. The molecule has 1 rings (SSSR count). The summed E-state index contributed by atoms with van der Waals surface area (Å²) in [6.07, 6.45) is -5.17. The van der Waals surface area contributed by atoms with Crippen LogP contribution < -0.4 is 0 Å². The highest BCUT2D eigenvalue weighted by Crippen LogP contribution is 2.21. The predicted octanol–water partition coefficient (Wildman–Crippen LogP) is 2.15. The fourth-order valence-corrected chi connectivity index (χ4v) is 1.54. The molecule has 0 fully saturated rings. The van der Waals surface area contributed by atoms with Crippen LogP contribution in [0, 0.1) is 6.92 Å². The average molecular weight is 256 g/mol. The molecule has 0 amide bonds. The molecular formula is C8H7F3O4S. The van der Waals surface area contributed by atoms with Crippen molar-refractivity contribution in [2.24, 2.45) is 0 Å². The van der Waals surface area contributed by atoms with Gasteiger partial charge in [0.15, 0.2) is 0 Å². The summed E-state index contributed by atoms with van der Waals surface area (Å²) in [4.78, 5) is 2.38. The van der Waals surface area contributed by atoms with E-state index in [1.165, 1.54) is 12.1 Å². The van der Waals surface area contributed by atoms with E-state index in [2.05, 4.69) is 9.22 Å². The van der Waals surface area contributed by atoms with E-state index in [0.29, 0.717) is 0 Å².